The zero-order valence-corrected chi connectivity index (χ0v) is 13.0. The van der Waals surface area contributed by atoms with Crippen LogP contribution in [0.4, 0.5) is 10.1 Å². The van der Waals surface area contributed by atoms with E-state index in [1.54, 1.807) is 19.9 Å². The summed E-state index contributed by atoms with van der Waals surface area (Å²) in [6, 6.07) is 3.98. The number of aromatic nitrogens is 2. The number of nitrogens with one attached hydrogen (secondary N) is 1. The van der Waals surface area contributed by atoms with Gasteiger partial charge >= 0.3 is 0 Å². The Bertz CT molecular complexity index is 670. The first-order valence-electron chi connectivity index (χ1n) is 5.65. The van der Waals surface area contributed by atoms with Gasteiger partial charge in [0, 0.05) is 4.47 Å². The maximum absolute atomic E-state index is 13.1. The van der Waals surface area contributed by atoms with E-state index in [0.717, 1.165) is 6.07 Å². The highest BCUT2D eigenvalue weighted by molar-refractivity contribution is 9.10. The van der Waals surface area contributed by atoms with Crippen molar-refractivity contribution in [1.29, 1.82) is 0 Å². The fraction of sp³-hybridized carbons (Fsp3) is 0.154. The monoisotopic (exact) mass is 357 g/mol. The summed E-state index contributed by atoms with van der Waals surface area (Å²) >= 11 is 9.09. The molecule has 0 saturated heterocycles. The third kappa shape index (κ3) is 3.13. The predicted octanol–water partition coefficient (Wildman–Crippen LogP) is 3.90. The fourth-order valence-corrected chi connectivity index (χ4v) is 2.52. The molecule has 0 aliphatic carbocycles. The van der Waals surface area contributed by atoms with Gasteiger partial charge < -0.3 is 5.32 Å². The largest absolute Gasteiger partial charge is 0.320 e. The Hall–Kier alpha value is -1.53. The van der Waals surface area contributed by atoms with Crippen LogP contribution in [0, 0.1) is 19.7 Å². The van der Waals surface area contributed by atoms with Gasteiger partial charge in [-0.25, -0.2) is 4.39 Å². The molecule has 1 aromatic heterocycles. The molecule has 0 bridgehead atoms. The number of aryl methyl sites for hydroxylation is 2. The van der Waals surface area contributed by atoms with E-state index >= 15 is 0 Å². The summed E-state index contributed by atoms with van der Waals surface area (Å²) in [6.07, 6.45) is 0. The zero-order valence-electron chi connectivity index (χ0n) is 10.7. The van der Waals surface area contributed by atoms with E-state index in [0.29, 0.717) is 27.1 Å². The minimum absolute atomic E-state index is 0.113. The molecule has 0 atom stereocenters. The lowest BCUT2D eigenvalue weighted by Gasteiger charge is -2.11. The molecule has 0 aliphatic rings. The second-order valence-corrected chi connectivity index (χ2v) is 5.44. The molecule has 2 aromatic rings. The second-order valence-electron chi connectivity index (χ2n) is 4.18. The molecule has 104 valence electrons. The van der Waals surface area contributed by atoms with Gasteiger partial charge in [0.05, 0.1) is 27.7 Å². The van der Waals surface area contributed by atoms with Gasteiger partial charge in [-0.05, 0) is 48.0 Å². The van der Waals surface area contributed by atoms with Crippen LogP contribution in [0.5, 0.6) is 0 Å². The van der Waals surface area contributed by atoms with Crippen LogP contribution in [0.25, 0.3) is 0 Å². The highest BCUT2D eigenvalue weighted by atomic mass is 79.9. The molecule has 4 nitrogen and oxygen atoms in total. The normalized spacial score (nSPS) is 10.4. The van der Waals surface area contributed by atoms with Gasteiger partial charge in [-0.15, -0.1) is 0 Å². The Morgan fingerprint density at radius 3 is 2.65 bits per heavy atom. The van der Waals surface area contributed by atoms with E-state index < -0.39 is 5.82 Å². The van der Waals surface area contributed by atoms with E-state index in [2.05, 4.69) is 31.4 Å². The van der Waals surface area contributed by atoms with E-state index in [9.17, 15) is 9.18 Å². The Labute approximate surface area is 128 Å². The molecule has 1 aromatic carbocycles. The van der Waals surface area contributed by atoms with Crippen LogP contribution in [0.1, 0.15) is 21.7 Å². The number of halogens is 3. The smallest absolute Gasteiger partial charge is 0.257 e. The van der Waals surface area contributed by atoms with Crippen LogP contribution < -0.4 is 5.32 Å². The maximum atomic E-state index is 13.1. The van der Waals surface area contributed by atoms with Crippen molar-refractivity contribution in [2.45, 2.75) is 13.8 Å². The number of hydrogen-bond acceptors (Lipinski definition) is 3. The SMILES string of the molecule is Cc1cc(C(=O)Nc2c(Cl)cc(F)cc2Br)c(C)nn1. The minimum Gasteiger partial charge on any atom is -0.320 e. The summed E-state index contributed by atoms with van der Waals surface area (Å²) in [5, 5.41) is 10.5. The molecule has 1 heterocycles. The first-order chi connectivity index (χ1) is 9.38. The number of benzene rings is 1. The molecule has 1 N–H and O–H groups in total. The van der Waals surface area contributed by atoms with Crippen molar-refractivity contribution in [3.8, 4) is 0 Å². The Morgan fingerprint density at radius 2 is 2.00 bits per heavy atom. The molecule has 0 aliphatic heterocycles. The van der Waals surface area contributed by atoms with Gasteiger partial charge in [-0.2, -0.15) is 10.2 Å². The summed E-state index contributed by atoms with van der Waals surface area (Å²) in [4.78, 5) is 12.2. The van der Waals surface area contributed by atoms with Crippen LogP contribution in [-0.2, 0) is 0 Å². The van der Waals surface area contributed by atoms with Gasteiger partial charge in [0.15, 0.2) is 0 Å². The van der Waals surface area contributed by atoms with Crippen LogP contribution in [0.3, 0.4) is 0 Å². The molecule has 0 radical (unpaired) electrons. The molecule has 0 fully saturated rings. The van der Waals surface area contributed by atoms with Gasteiger partial charge in [-0.1, -0.05) is 11.6 Å². The van der Waals surface area contributed by atoms with E-state index in [4.69, 9.17) is 11.6 Å². The molecule has 0 spiro atoms. The molecular weight excluding hydrogens is 349 g/mol. The highest BCUT2D eigenvalue weighted by Crippen LogP contribution is 2.32. The maximum Gasteiger partial charge on any atom is 0.257 e. The van der Waals surface area contributed by atoms with Crippen molar-refractivity contribution in [3.05, 3.63) is 50.5 Å². The Morgan fingerprint density at radius 1 is 1.30 bits per heavy atom. The molecule has 0 saturated carbocycles. The van der Waals surface area contributed by atoms with Crippen molar-refractivity contribution in [2.24, 2.45) is 0 Å². The summed E-state index contributed by atoms with van der Waals surface area (Å²) in [5.74, 6) is -0.868. The lowest BCUT2D eigenvalue weighted by molar-refractivity contribution is 0.102. The number of rotatable bonds is 2. The summed E-state index contributed by atoms with van der Waals surface area (Å²) in [7, 11) is 0. The summed E-state index contributed by atoms with van der Waals surface area (Å²) < 4.78 is 13.5. The number of carbonyl (C=O) groups excluding carboxylic acids is 1. The first kappa shape index (κ1) is 14.9. The van der Waals surface area contributed by atoms with Crippen molar-refractivity contribution >= 4 is 39.1 Å². The molecule has 0 unspecified atom stereocenters. The molecule has 2 rings (SSSR count). The Kier molecular flexibility index (Phi) is 4.35. The van der Waals surface area contributed by atoms with Gasteiger partial charge in [0.25, 0.3) is 5.91 Å². The van der Waals surface area contributed by atoms with E-state index in [1.165, 1.54) is 6.07 Å². The van der Waals surface area contributed by atoms with Crippen LogP contribution >= 0.6 is 27.5 Å². The number of hydrogen-bond donors (Lipinski definition) is 1. The predicted molar refractivity (Wildman–Crippen MR) is 78.6 cm³/mol. The quantitative estimate of drug-likeness (QED) is 0.886. The number of anilines is 1. The van der Waals surface area contributed by atoms with Crippen LogP contribution in [-0.4, -0.2) is 16.1 Å². The first-order valence-corrected chi connectivity index (χ1v) is 6.82. The molecule has 20 heavy (non-hydrogen) atoms. The second kappa shape index (κ2) is 5.85. The van der Waals surface area contributed by atoms with Gasteiger partial charge in [0.2, 0.25) is 0 Å². The topological polar surface area (TPSA) is 54.9 Å². The standard InChI is InChI=1S/C13H10BrClFN3O/c1-6-3-9(7(2)19-18-6)13(20)17-12-10(14)4-8(16)5-11(12)15/h3-5H,1-2H3,(H,17,20). The summed E-state index contributed by atoms with van der Waals surface area (Å²) in [5.41, 5.74) is 1.84. The molecule has 7 heteroatoms. The summed E-state index contributed by atoms with van der Waals surface area (Å²) in [6.45, 7) is 3.42. The average molecular weight is 359 g/mol. The Balaban J connectivity index is 2.35. The number of nitrogens with zero attached hydrogens (tertiary/aromatic N) is 2. The zero-order chi connectivity index (χ0) is 14.9. The van der Waals surface area contributed by atoms with Crippen LogP contribution in [0.2, 0.25) is 5.02 Å². The molecule has 1 amide bonds. The third-order valence-corrected chi connectivity index (χ3v) is 3.51. The third-order valence-electron chi connectivity index (χ3n) is 2.59. The fourth-order valence-electron chi connectivity index (χ4n) is 1.62. The number of carbonyl (C=O) groups is 1. The van der Waals surface area contributed by atoms with Gasteiger partial charge in [0.1, 0.15) is 5.82 Å². The van der Waals surface area contributed by atoms with Crippen LogP contribution in [0.15, 0.2) is 22.7 Å². The van der Waals surface area contributed by atoms with Crippen molar-refractivity contribution in [3.63, 3.8) is 0 Å². The number of amides is 1. The lowest BCUT2D eigenvalue weighted by atomic mass is 10.2. The highest BCUT2D eigenvalue weighted by Gasteiger charge is 2.15. The van der Waals surface area contributed by atoms with E-state index in [-0.39, 0.29) is 10.9 Å². The average Bonchev–Trinajstić information content (AvgIpc) is 2.36. The van der Waals surface area contributed by atoms with E-state index in [1.807, 2.05) is 0 Å². The van der Waals surface area contributed by atoms with Gasteiger partial charge in [-0.3, -0.25) is 4.79 Å². The minimum atomic E-state index is -0.488. The van der Waals surface area contributed by atoms with Crippen molar-refractivity contribution < 1.29 is 9.18 Å². The lowest BCUT2D eigenvalue weighted by Crippen LogP contribution is -2.15. The van der Waals surface area contributed by atoms with Crippen molar-refractivity contribution in [2.75, 3.05) is 5.32 Å². The molecular formula is C13H10BrClFN3O. The van der Waals surface area contributed by atoms with Crippen molar-refractivity contribution in [1.82, 2.24) is 10.2 Å².